The second-order valence-electron chi connectivity index (χ2n) is 4.61. The molecule has 100 valence electrons. The Hall–Kier alpha value is -0.780. The van der Waals surface area contributed by atoms with Gasteiger partial charge in [0.05, 0.1) is 6.42 Å². The van der Waals surface area contributed by atoms with Gasteiger partial charge < -0.3 is 10.0 Å². The largest absolute Gasteiger partial charge is 0.481 e. The minimum Gasteiger partial charge on any atom is -0.481 e. The highest BCUT2D eigenvalue weighted by molar-refractivity contribution is 5.66. The number of alkyl halides is 3. The molecule has 1 aliphatic heterocycles. The molecule has 1 saturated heterocycles. The molecule has 0 spiro atoms. The van der Waals surface area contributed by atoms with Gasteiger partial charge in [0.2, 0.25) is 0 Å². The Morgan fingerprint density at radius 3 is 2.71 bits per heavy atom. The summed E-state index contributed by atoms with van der Waals surface area (Å²) in [6.07, 6.45) is -2.42. The second kappa shape index (κ2) is 6.23. The zero-order chi connectivity index (χ0) is 12.9. The molecule has 0 amide bonds. The first-order valence-corrected chi connectivity index (χ1v) is 5.88. The van der Waals surface area contributed by atoms with Crippen LogP contribution >= 0.6 is 0 Å². The van der Waals surface area contributed by atoms with Crippen LogP contribution in [0, 0.1) is 5.92 Å². The molecule has 1 N–H and O–H groups in total. The number of carbonyl (C=O) groups is 1. The SMILES string of the molecule is O=C(O)CCC1CCCN(CCC(F)(F)F)C1. The number of likely N-dealkylation sites (tertiary alicyclic amines) is 1. The minimum atomic E-state index is -4.10. The number of carboxylic acids is 1. The smallest absolute Gasteiger partial charge is 0.390 e. The van der Waals surface area contributed by atoms with E-state index in [9.17, 15) is 18.0 Å². The van der Waals surface area contributed by atoms with E-state index >= 15 is 0 Å². The van der Waals surface area contributed by atoms with Crippen molar-refractivity contribution in [1.29, 1.82) is 0 Å². The molecule has 1 rings (SSSR count). The fourth-order valence-corrected chi connectivity index (χ4v) is 2.20. The Morgan fingerprint density at radius 2 is 2.12 bits per heavy atom. The molecule has 1 aliphatic rings. The van der Waals surface area contributed by atoms with Crippen LogP contribution in [-0.4, -0.2) is 41.8 Å². The Balaban J connectivity index is 2.26. The van der Waals surface area contributed by atoms with Crippen molar-refractivity contribution in [3.63, 3.8) is 0 Å². The van der Waals surface area contributed by atoms with Gasteiger partial charge in [-0.15, -0.1) is 0 Å². The van der Waals surface area contributed by atoms with Crippen LogP contribution < -0.4 is 0 Å². The van der Waals surface area contributed by atoms with Crippen molar-refractivity contribution < 1.29 is 23.1 Å². The molecule has 1 fully saturated rings. The normalized spacial score (nSPS) is 22.6. The van der Waals surface area contributed by atoms with E-state index in [4.69, 9.17) is 5.11 Å². The molecular weight excluding hydrogens is 235 g/mol. The summed E-state index contributed by atoms with van der Waals surface area (Å²) < 4.78 is 36.2. The fourth-order valence-electron chi connectivity index (χ4n) is 2.20. The van der Waals surface area contributed by atoms with E-state index in [-0.39, 0.29) is 18.9 Å². The van der Waals surface area contributed by atoms with E-state index < -0.39 is 18.6 Å². The molecule has 0 aromatic carbocycles. The fraction of sp³-hybridized carbons (Fsp3) is 0.909. The summed E-state index contributed by atoms with van der Waals surface area (Å²) in [5.41, 5.74) is 0. The zero-order valence-electron chi connectivity index (χ0n) is 9.67. The van der Waals surface area contributed by atoms with Gasteiger partial charge in [0, 0.05) is 19.5 Å². The molecule has 6 heteroatoms. The third-order valence-electron chi connectivity index (χ3n) is 3.08. The van der Waals surface area contributed by atoms with Gasteiger partial charge >= 0.3 is 12.1 Å². The molecule has 1 unspecified atom stereocenters. The minimum absolute atomic E-state index is 0.0348. The van der Waals surface area contributed by atoms with Gasteiger partial charge in [-0.25, -0.2) is 0 Å². The van der Waals surface area contributed by atoms with Crippen LogP contribution in [0.5, 0.6) is 0 Å². The van der Waals surface area contributed by atoms with E-state index in [0.29, 0.717) is 19.5 Å². The molecule has 1 heterocycles. The molecule has 0 radical (unpaired) electrons. The lowest BCUT2D eigenvalue weighted by atomic mass is 9.93. The Bertz CT molecular complexity index is 256. The molecule has 17 heavy (non-hydrogen) atoms. The van der Waals surface area contributed by atoms with Crippen molar-refractivity contribution in [3.8, 4) is 0 Å². The van der Waals surface area contributed by atoms with Crippen LogP contribution in [0.2, 0.25) is 0 Å². The van der Waals surface area contributed by atoms with Gasteiger partial charge in [-0.3, -0.25) is 4.79 Å². The Kier molecular flexibility index (Phi) is 5.24. The Labute approximate surface area is 98.6 Å². The van der Waals surface area contributed by atoms with Crippen molar-refractivity contribution in [1.82, 2.24) is 4.90 Å². The van der Waals surface area contributed by atoms with Gasteiger partial charge in [-0.1, -0.05) is 0 Å². The van der Waals surface area contributed by atoms with Crippen LogP contribution in [-0.2, 0) is 4.79 Å². The number of rotatable bonds is 5. The number of halogens is 3. The highest BCUT2D eigenvalue weighted by atomic mass is 19.4. The summed E-state index contributed by atoms with van der Waals surface area (Å²) in [6, 6.07) is 0. The van der Waals surface area contributed by atoms with Crippen molar-refractivity contribution >= 4 is 5.97 Å². The predicted molar refractivity (Wildman–Crippen MR) is 56.7 cm³/mol. The number of carboxylic acid groups (broad SMARTS) is 1. The van der Waals surface area contributed by atoms with E-state index in [0.717, 1.165) is 12.8 Å². The third-order valence-corrected chi connectivity index (χ3v) is 3.08. The number of hydrogen-bond donors (Lipinski definition) is 1. The molecule has 3 nitrogen and oxygen atoms in total. The Morgan fingerprint density at radius 1 is 1.41 bits per heavy atom. The van der Waals surface area contributed by atoms with Crippen molar-refractivity contribution in [2.24, 2.45) is 5.92 Å². The molecule has 0 saturated carbocycles. The number of nitrogens with zero attached hydrogens (tertiary/aromatic N) is 1. The van der Waals surface area contributed by atoms with Crippen LogP contribution in [0.25, 0.3) is 0 Å². The van der Waals surface area contributed by atoms with E-state index in [1.807, 2.05) is 0 Å². The highest BCUT2D eigenvalue weighted by Gasteiger charge is 2.29. The molecule has 0 aromatic rings. The summed E-state index contributed by atoms with van der Waals surface area (Å²) >= 11 is 0. The first-order chi connectivity index (χ1) is 7.87. The maximum absolute atomic E-state index is 12.1. The molecular formula is C11H18F3NO2. The molecule has 0 bridgehead atoms. The molecule has 0 aliphatic carbocycles. The average Bonchev–Trinajstić information content (AvgIpc) is 2.23. The van der Waals surface area contributed by atoms with Crippen LogP contribution in [0.4, 0.5) is 13.2 Å². The van der Waals surface area contributed by atoms with Gasteiger partial charge in [-0.2, -0.15) is 13.2 Å². The van der Waals surface area contributed by atoms with Crippen LogP contribution in [0.3, 0.4) is 0 Å². The maximum Gasteiger partial charge on any atom is 0.390 e. The lowest BCUT2D eigenvalue weighted by Gasteiger charge is -2.32. The van der Waals surface area contributed by atoms with Gasteiger partial charge in [-0.05, 0) is 31.7 Å². The first-order valence-electron chi connectivity index (χ1n) is 5.88. The highest BCUT2D eigenvalue weighted by Crippen LogP contribution is 2.24. The third kappa shape index (κ3) is 6.51. The maximum atomic E-state index is 12.1. The van der Waals surface area contributed by atoms with E-state index in [1.54, 1.807) is 4.90 Å². The summed E-state index contributed by atoms with van der Waals surface area (Å²) in [6.45, 7) is 1.33. The molecule has 0 aromatic heterocycles. The van der Waals surface area contributed by atoms with Crippen molar-refractivity contribution in [2.45, 2.75) is 38.3 Å². The van der Waals surface area contributed by atoms with Crippen molar-refractivity contribution in [3.05, 3.63) is 0 Å². The lowest BCUT2D eigenvalue weighted by molar-refractivity contribution is -0.138. The summed E-state index contributed by atoms with van der Waals surface area (Å²) in [5.74, 6) is -0.606. The molecule has 1 atom stereocenters. The first kappa shape index (κ1) is 14.3. The second-order valence-corrected chi connectivity index (χ2v) is 4.61. The number of hydrogen-bond acceptors (Lipinski definition) is 2. The zero-order valence-corrected chi connectivity index (χ0v) is 9.67. The summed E-state index contributed by atoms with van der Waals surface area (Å²) in [4.78, 5) is 12.2. The monoisotopic (exact) mass is 253 g/mol. The number of piperidine rings is 1. The standard InChI is InChI=1S/C11H18F3NO2/c12-11(13,14)5-7-15-6-1-2-9(8-15)3-4-10(16)17/h9H,1-8H2,(H,16,17). The average molecular weight is 253 g/mol. The quantitative estimate of drug-likeness (QED) is 0.818. The van der Waals surface area contributed by atoms with E-state index in [2.05, 4.69) is 0 Å². The van der Waals surface area contributed by atoms with Gasteiger partial charge in [0.1, 0.15) is 0 Å². The van der Waals surface area contributed by atoms with Crippen LogP contribution in [0.15, 0.2) is 0 Å². The van der Waals surface area contributed by atoms with E-state index in [1.165, 1.54) is 0 Å². The topological polar surface area (TPSA) is 40.5 Å². The summed E-state index contributed by atoms with van der Waals surface area (Å²) in [7, 11) is 0. The van der Waals surface area contributed by atoms with Crippen molar-refractivity contribution in [2.75, 3.05) is 19.6 Å². The van der Waals surface area contributed by atoms with Crippen LogP contribution in [0.1, 0.15) is 32.1 Å². The summed E-state index contributed by atoms with van der Waals surface area (Å²) in [5, 5.41) is 8.56. The number of aliphatic carboxylic acids is 1. The van der Waals surface area contributed by atoms with Gasteiger partial charge in [0.15, 0.2) is 0 Å². The lowest BCUT2D eigenvalue weighted by Crippen LogP contribution is -2.37. The predicted octanol–water partition coefficient (Wildman–Crippen LogP) is 2.52. The van der Waals surface area contributed by atoms with Gasteiger partial charge in [0.25, 0.3) is 0 Å².